The van der Waals surface area contributed by atoms with E-state index in [1.165, 1.54) is 12.8 Å². The van der Waals surface area contributed by atoms with Gasteiger partial charge < -0.3 is 14.0 Å². The number of likely N-dealkylation sites (tertiary alicyclic amines) is 1. The zero-order valence-electron chi connectivity index (χ0n) is 12.6. The first-order chi connectivity index (χ1) is 11.3. The summed E-state index contributed by atoms with van der Waals surface area (Å²) in [6, 6.07) is 4.26. The lowest BCUT2D eigenvalue weighted by Crippen LogP contribution is -2.46. The molecule has 23 heavy (non-hydrogen) atoms. The Hall–Kier alpha value is -0.800. The molecule has 2 fully saturated rings. The van der Waals surface area contributed by atoms with Gasteiger partial charge in [0.15, 0.2) is 6.29 Å². The number of thiophene rings is 1. The maximum absolute atomic E-state index is 5.70. The highest BCUT2D eigenvalue weighted by Gasteiger charge is 2.34. The van der Waals surface area contributed by atoms with Gasteiger partial charge in [-0.25, -0.2) is 0 Å². The van der Waals surface area contributed by atoms with Gasteiger partial charge in [-0.05, 0) is 47.4 Å². The predicted molar refractivity (Wildman–Crippen MR) is 89.1 cm³/mol. The van der Waals surface area contributed by atoms with Gasteiger partial charge in [0, 0.05) is 0 Å². The quantitative estimate of drug-likeness (QED) is 0.785. The van der Waals surface area contributed by atoms with E-state index >= 15 is 0 Å². The molecule has 0 aromatic carbocycles. The topological polar surface area (TPSA) is 60.6 Å². The smallest absolute Gasteiger partial charge is 0.241 e. The molecule has 0 aliphatic carbocycles. The molecule has 1 atom stereocenters. The molecule has 6 nitrogen and oxygen atoms in total. The van der Waals surface area contributed by atoms with Crippen LogP contribution in [-0.4, -0.2) is 47.1 Å². The van der Waals surface area contributed by atoms with Crippen LogP contribution in [0.25, 0.3) is 10.7 Å². The normalized spacial score (nSPS) is 23.6. The van der Waals surface area contributed by atoms with Crippen molar-refractivity contribution < 1.29 is 14.0 Å². The molecule has 0 bridgehead atoms. The molecule has 8 heteroatoms. The van der Waals surface area contributed by atoms with Crippen LogP contribution in [0, 0.1) is 0 Å². The van der Waals surface area contributed by atoms with Crippen molar-refractivity contribution >= 4 is 27.3 Å². The summed E-state index contributed by atoms with van der Waals surface area (Å²) >= 11 is 5.06. The fraction of sp³-hybridized carbons (Fsp3) is 0.600. The summed E-state index contributed by atoms with van der Waals surface area (Å²) in [6.07, 6.45) is 3.36. The fourth-order valence-corrected chi connectivity index (χ4v) is 4.46. The van der Waals surface area contributed by atoms with Crippen molar-refractivity contribution in [1.29, 1.82) is 0 Å². The third-order valence-corrected chi connectivity index (χ3v) is 5.85. The molecule has 2 saturated heterocycles. The molecule has 2 aromatic rings. The van der Waals surface area contributed by atoms with Crippen molar-refractivity contribution in [3.8, 4) is 10.7 Å². The second kappa shape index (κ2) is 6.98. The molecule has 1 unspecified atom stereocenters. The van der Waals surface area contributed by atoms with Gasteiger partial charge in [0.1, 0.15) is 0 Å². The molecule has 0 amide bonds. The van der Waals surface area contributed by atoms with Gasteiger partial charge in [-0.3, -0.25) is 4.90 Å². The van der Waals surface area contributed by atoms with Crippen molar-refractivity contribution in [3.05, 3.63) is 21.8 Å². The number of piperidine rings is 1. The number of ether oxygens (including phenoxy) is 2. The number of halogens is 1. The maximum atomic E-state index is 5.70. The highest BCUT2D eigenvalue weighted by atomic mass is 79.9. The second-order valence-corrected chi connectivity index (χ2v) is 8.22. The lowest BCUT2D eigenvalue weighted by Gasteiger charge is -2.36. The average Bonchev–Trinajstić information content (AvgIpc) is 3.29. The van der Waals surface area contributed by atoms with Crippen LogP contribution in [-0.2, 0) is 16.0 Å². The third kappa shape index (κ3) is 3.51. The zero-order chi connectivity index (χ0) is 15.6. The Morgan fingerprint density at radius 1 is 1.26 bits per heavy atom. The second-order valence-electron chi connectivity index (χ2n) is 5.76. The van der Waals surface area contributed by atoms with E-state index in [1.54, 1.807) is 11.3 Å². The van der Waals surface area contributed by atoms with Crippen LogP contribution in [0.1, 0.15) is 25.2 Å². The zero-order valence-corrected chi connectivity index (χ0v) is 15.0. The van der Waals surface area contributed by atoms with Crippen LogP contribution in [0.15, 0.2) is 20.4 Å². The van der Waals surface area contributed by atoms with Gasteiger partial charge in [-0.1, -0.05) is 11.6 Å². The maximum Gasteiger partial charge on any atom is 0.241 e. The molecule has 4 rings (SSSR count). The Morgan fingerprint density at radius 3 is 2.91 bits per heavy atom. The number of nitrogens with zero attached hydrogens (tertiary/aromatic N) is 3. The van der Waals surface area contributed by atoms with E-state index in [9.17, 15) is 0 Å². The number of hydrogen-bond acceptors (Lipinski definition) is 7. The third-order valence-electron chi connectivity index (χ3n) is 4.23. The van der Waals surface area contributed by atoms with Gasteiger partial charge in [-0.2, -0.15) is 4.98 Å². The van der Waals surface area contributed by atoms with Crippen LogP contribution in [0.4, 0.5) is 0 Å². The first-order valence-corrected chi connectivity index (χ1v) is 9.46. The van der Waals surface area contributed by atoms with Crippen molar-refractivity contribution in [1.82, 2.24) is 15.0 Å². The summed E-state index contributed by atoms with van der Waals surface area (Å²) < 4.78 is 17.9. The summed E-state index contributed by atoms with van der Waals surface area (Å²) in [5.74, 6) is 1.30. The summed E-state index contributed by atoms with van der Waals surface area (Å²) in [5.41, 5.74) is 0. The summed E-state index contributed by atoms with van der Waals surface area (Å²) in [7, 11) is 0. The molecular formula is C15H18BrN3O3S. The Morgan fingerprint density at radius 2 is 2.13 bits per heavy atom. The van der Waals surface area contributed by atoms with Gasteiger partial charge in [0.05, 0.1) is 34.5 Å². The van der Waals surface area contributed by atoms with E-state index in [-0.39, 0.29) is 12.3 Å². The summed E-state index contributed by atoms with van der Waals surface area (Å²) in [6.45, 7) is 3.03. The molecule has 2 aliphatic heterocycles. The van der Waals surface area contributed by atoms with Gasteiger partial charge in [0.2, 0.25) is 11.7 Å². The summed E-state index contributed by atoms with van der Waals surface area (Å²) in [5, 5.41) is 4.10. The van der Waals surface area contributed by atoms with Crippen LogP contribution in [0.5, 0.6) is 0 Å². The molecule has 4 heterocycles. The standard InChI is InChI=1S/C15H18BrN3O3S/c16-12-5-4-11(23-12)14-17-13(22-18-14)9-19-6-2-1-3-10(19)15-20-7-8-21-15/h4-5,10,15H,1-3,6-9H2. The predicted octanol–water partition coefficient (Wildman–Crippen LogP) is 3.29. The first-order valence-electron chi connectivity index (χ1n) is 7.85. The monoisotopic (exact) mass is 399 g/mol. The Balaban J connectivity index is 1.46. The van der Waals surface area contributed by atoms with Gasteiger partial charge in [-0.15, -0.1) is 11.3 Å². The molecule has 0 saturated carbocycles. The molecule has 0 spiro atoms. The molecule has 0 radical (unpaired) electrons. The van der Waals surface area contributed by atoms with Gasteiger partial charge >= 0.3 is 0 Å². The van der Waals surface area contributed by atoms with E-state index in [4.69, 9.17) is 14.0 Å². The highest BCUT2D eigenvalue weighted by Crippen LogP contribution is 2.30. The Kier molecular flexibility index (Phi) is 4.77. The molecule has 2 aromatic heterocycles. The first kappa shape index (κ1) is 15.7. The number of hydrogen-bond donors (Lipinski definition) is 0. The minimum atomic E-state index is -0.119. The van der Waals surface area contributed by atoms with Crippen LogP contribution in [0.2, 0.25) is 0 Å². The van der Waals surface area contributed by atoms with Crippen molar-refractivity contribution in [2.24, 2.45) is 0 Å². The van der Waals surface area contributed by atoms with Crippen LogP contribution in [0.3, 0.4) is 0 Å². The molecule has 0 N–H and O–H groups in total. The fourth-order valence-electron chi connectivity index (χ4n) is 3.15. The molecular weight excluding hydrogens is 382 g/mol. The van der Waals surface area contributed by atoms with E-state index in [0.717, 1.165) is 21.6 Å². The van der Waals surface area contributed by atoms with Crippen LogP contribution >= 0.6 is 27.3 Å². The largest absolute Gasteiger partial charge is 0.349 e. The number of rotatable bonds is 4. The highest BCUT2D eigenvalue weighted by molar-refractivity contribution is 9.11. The number of aromatic nitrogens is 2. The Labute approximate surface area is 146 Å². The molecule has 124 valence electrons. The minimum absolute atomic E-state index is 0.119. The summed E-state index contributed by atoms with van der Waals surface area (Å²) in [4.78, 5) is 7.89. The van der Waals surface area contributed by atoms with Crippen molar-refractivity contribution in [3.63, 3.8) is 0 Å². The van der Waals surface area contributed by atoms with Crippen molar-refractivity contribution in [2.45, 2.75) is 38.1 Å². The molecule has 2 aliphatic rings. The average molecular weight is 400 g/mol. The lowest BCUT2D eigenvalue weighted by atomic mass is 10.0. The minimum Gasteiger partial charge on any atom is -0.349 e. The lowest BCUT2D eigenvalue weighted by molar-refractivity contribution is -0.112. The van der Waals surface area contributed by atoms with Crippen molar-refractivity contribution in [2.75, 3.05) is 19.8 Å². The Bertz CT molecular complexity index is 656. The van der Waals surface area contributed by atoms with E-state index in [0.29, 0.717) is 31.5 Å². The van der Waals surface area contributed by atoms with E-state index in [2.05, 4.69) is 31.0 Å². The van der Waals surface area contributed by atoms with E-state index < -0.39 is 0 Å². The van der Waals surface area contributed by atoms with Gasteiger partial charge in [0.25, 0.3) is 0 Å². The van der Waals surface area contributed by atoms with Crippen LogP contribution < -0.4 is 0 Å². The SMILES string of the molecule is Brc1ccc(-c2noc(CN3CCCCC3C3OCCO3)n2)s1. The van der Waals surface area contributed by atoms with E-state index in [1.807, 2.05) is 12.1 Å².